The zero-order chi connectivity index (χ0) is 30.8. The smallest absolute Gasteiger partial charge is 0.352 e. The van der Waals surface area contributed by atoms with Gasteiger partial charge < -0.3 is 21.0 Å². The third-order valence-electron chi connectivity index (χ3n) is 6.46. The summed E-state index contributed by atoms with van der Waals surface area (Å²) in [4.78, 5) is 73.2. The number of benzene rings is 1. The van der Waals surface area contributed by atoms with Crippen molar-refractivity contribution >= 4 is 68.8 Å². The highest BCUT2D eigenvalue weighted by molar-refractivity contribution is 8.00. The molecule has 2 aliphatic rings. The van der Waals surface area contributed by atoms with Crippen LogP contribution in [-0.2, 0) is 25.8 Å². The lowest BCUT2D eigenvalue weighted by Crippen LogP contribution is -2.71. The van der Waals surface area contributed by atoms with Gasteiger partial charge in [-0.1, -0.05) is 47.7 Å². The number of thioether (sulfide) groups is 1. The number of anilines is 1. The van der Waals surface area contributed by atoms with Crippen molar-refractivity contribution < 1.29 is 24.3 Å². The van der Waals surface area contributed by atoms with Crippen LogP contribution in [0.1, 0.15) is 23.5 Å². The minimum atomic E-state index is -1.36. The van der Waals surface area contributed by atoms with E-state index in [1.165, 1.54) is 24.3 Å². The first kappa shape index (κ1) is 29.8. The number of nitrogens with two attached hydrogens (primary N) is 1. The van der Waals surface area contributed by atoms with Crippen LogP contribution >= 0.6 is 35.3 Å². The molecular formula is C25H22N8O7S3. The number of thiocarbonyl (C=S) groups is 1. The van der Waals surface area contributed by atoms with Gasteiger partial charge >= 0.3 is 17.1 Å². The Bertz CT molecular complexity index is 1810. The highest BCUT2D eigenvalue weighted by Gasteiger charge is 2.54. The molecule has 0 radical (unpaired) electrons. The number of hydrogen-bond acceptors (Lipinski definition) is 13. The van der Waals surface area contributed by atoms with Crippen molar-refractivity contribution in [3.63, 3.8) is 0 Å². The number of aromatic nitrogens is 4. The number of H-pyrrole nitrogens is 1. The summed E-state index contributed by atoms with van der Waals surface area (Å²) in [5.41, 5.74) is 4.57. The van der Waals surface area contributed by atoms with Crippen molar-refractivity contribution in [2.45, 2.75) is 24.4 Å². The molecule has 5 N–H and O–H groups in total. The summed E-state index contributed by atoms with van der Waals surface area (Å²) in [6, 6.07) is 7.85. The lowest BCUT2D eigenvalue weighted by Gasteiger charge is -2.49. The molecule has 2 amide bonds. The number of oxime groups is 1. The summed E-state index contributed by atoms with van der Waals surface area (Å²) in [5.74, 6) is -2.61. The van der Waals surface area contributed by atoms with Crippen molar-refractivity contribution in [2.24, 2.45) is 5.16 Å². The van der Waals surface area contributed by atoms with Gasteiger partial charge in [0.05, 0.1) is 11.4 Å². The van der Waals surface area contributed by atoms with Crippen molar-refractivity contribution in [3.8, 4) is 0 Å². The molecule has 0 bridgehead atoms. The number of aromatic amines is 1. The number of carboxylic acids is 1. The first-order valence-electron chi connectivity index (χ1n) is 12.4. The summed E-state index contributed by atoms with van der Waals surface area (Å²) in [6.45, 7) is 0.0154. The van der Waals surface area contributed by atoms with Crippen molar-refractivity contribution in [1.29, 1.82) is 0 Å². The molecule has 15 nitrogen and oxygen atoms in total. The van der Waals surface area contributed by atoms with Gasteiger partial charge in [-0.05, 0) is 11.1 Å². The molecule has 18 heteroatoms. The molecule has 5 rings (SSSR count). The maximum Gasteiger partial charge on any atom is 0.352 e. The first-order valence-corrected chi connectivity index (χ1v) is 14.7. The fourth-order valence-electron chi connectivity index (χ4n) is 4.55. The van der Waals surface area contributed by atoms with E-state index in [2.05, 4.69) is 25.7 Å². The summed E-state index contributed by atoms with van der Waals surface area (Å²) in [7, 11) is 1.25. The van der Waals surface area contributed by atoms with Crippen LogP contribution in [0.15, 0.2) is 61.7 Å². The van der Waals surface area contributed by atoms with Gasteiger partial charge in [-0.25, -0.2) is 14.9 Å². The lowest BCUT2D eigenvalue weighted by atomic mass is 10.00. The number of carboxylic acid groups (broad SMARTS) is 1. The van der Waals surface area contributed by atoms with Crippen molar-refractivity contribution in [1.82, 2.24) is 30.0 Å². The molecule has 2 aliphatic heterocycles. The molecule has 2 unspecified atom stereocenters. The molecule has 222 valence electrons. The number of rotatable bonds is 10. The number of fused-ring (bicyclic) bond motifs is 1. The third kappa shape index (κ3) is 5.84. The fraction of sp³-hybridized carbons (Fsp3) is 0.240. The van der Waals surface area contributed by atoms with E-state index in [4.69, 9.17) is 22.8 Å². The van der Waals surface area contributed by atoms with Crippen LogP contribution in [0.4, 0.5) is 5.13 Å². The third-order valence-corrected chi connectivity index (χ3v) is 8.80. The van der Waals surface area contributed by atoms with E-state index in [0.29, 0.717) is 5.57 Å². The Morgan fingerprint density at radius 1 is 1.28 bits per heavy atom. The number of β-lactam (4-membered cyclic amide) rings is 1. The second kappa shape index (κ2) is 12.3. The van der Waals surface area contributed by atoms with Gasteiger partial charge in [0.2, 0.25) is 0 Å². The molecule has 1 fully saturated rings. The Balaban J connectivity index is 1.38. The number of aliphatic carboxylic acids is 1. The van der Waals surface area contributed by atoms with E-state index in [0.717, 1.165) is 26.4 Å². The molecule has 0 saturated carbocycles. The van der Waals surface area contributed by atoms with Crippen LogP contribution in [0.2, 0.25) is 0 Å². The van der Waals surface area contributed by atoms with Gasteiger partial charge in [-0.3, -0.25) is 28.6 Å². The van der Waals surface area contributed by atoms with Gasteiger partial charge in [0.15, 0.2) is 16.7 Å². The maximum absolute atomic E-state index is 13.2. The lowest BCUT2D eigenvalue weighted by molar-refractivity contribution is -0.150. The first-order chi connectivity index (χ1) is 20.6. The van der Waals surface area contributed by atoms with Crippen LogP contribution in [0.25, 0.3) is 0 Å². The molecular weight excluding hydrogens is 621 g/mol. The number of nitrogens with one attached hydrogen (secondary N) is 2. The average Bonchev–Trinajstić information content (AvgIpc) is 3.42. The molecule has 1 saturated heterocycles. The molecule has 2 aromatic heterocycles. The van der Waals surface area contributed by atoms with E-state index in [-0.39, 0.29) is 51.6 Å². The Hall–Kier alpha value is -4.68. The molecule has 1 aromatic carbocycles. The highest BCUT2D eigenvalue weighted by atomic mass is 32.2. The number of nitrogens with zero attached hydrogens (tertiary/aromatic N) is 5. The minimum absolute atomic E-state index is 0.000488. The van der Waals surface area contributed by atoms with Gasteiger partial charge in [-0.2, -0.15) is 5.10 Å². The molecule has 0 aliphatic carbocycles. The van der Waals surface area contributed by atoms with Crippen LogP contribution in [-0.4, -0.2) is 82.4 Å². The fourth-order valence-corrected chi connectivity index (χ4v) is 6.77. The van der Waals surface area contributed by atoms with Crippen LogP contribution in [0.5, 0.6) is 0 Å². The number of carbonyl (C=O) groups excluding carboxylic acids is 2. The predicted molar refractivity (Wildman–Crippen MR) is 161 cm³/mol. The molecule has 43 heavy (non-hydrogen) atoms. The molecule has 4 heterocycles. The van der Waals surface area contributed by atoms with Crippen LogP contribution in [0.3, 0.4) is 0 Å². The van der Waals surface area contributed by atoms with Gasteiger partial charge in [0.1, 0.15) is 29.9 Å². The number of hydrogen-bond donors (Lipinski definition) is 4. The van der Waals surface area contributed by atoms with Gasteiger partial charge in [0.25, 0.3) is 11.8 Å². The SMILES string of the molecule is CON=C(C(=O)NC1C(=O)N2C(C(=O)O)=C(CC(=S)c3n[nH]c(=O)c(=O)n3Cc3ccccc3)CSC12)c1csc(N)n1. The second-order valence-electron chi connectivity index (χ2n) is 9.16. The quantitative estimate of drug-likeness (QED) is 0.0570. The Labute approximate surface area is 255 Å². The molecule has 0 spiro atoms. The van der Waals surface area contributed by atoms with Crippen molar-refractivity contribution in [3.05, 3.63) is 84.8 Å². The summed E-state index contributed by atoms with van der Waals surface area (Å²) in [6.07, 6.45) is -0.124. The number of thiazole rings is 1. The zero-order valence-corrected chi connectivity index (χ0v) is 24.6. The Morgan fingerprint density at radius 3 is 2.67 bits per heavy atom. The van der Waals surface area contributed by atoms with E-state index < -0.39 is 40.3 Å². The summed E-state index contributed by atoms with van der Waals surface area (Å²) < 4.78 is 1.13. The molecule has 2 atom stereocenters. The molecule has 3 aromatic rings. The van der Waals surface area contributed by atoms with Crippen LogP contribution in [0, 0.1) is 0 Å². The normalized spacial score (nSPS) is 18.1. The van der Waals surface area contributed by atoms with E-state index in [1.807, 2.05) is 0 Å². The number of nitrogen functional groups attached to an aromatic ring is 1. The topological polar surface area (TPSA) is 215 Å². The van der Waals surface area contributed by atoms with Gasteiger partial charge in [0, 0.05) is 17.6 Å². The summed E-state index contributed by atoms with van der Waals surface area (Å²) in [5, 5.41) is 23.5. The van der Waals surface area contributed by atoms with E-state index in [1.54, 1.807) is 30.3 Å². The predicted octanol–water partition coefficient (Wildman–Crippen LogP) is -0.0840. The number of carbonyl (C=O) groups is 3. The largest absolute Gasteiger partial charge is 0.477 e. The number of amides is 2. The van der Waals surface area contributed by atoms with Crippen molar-refractivity contribution in [2.75, 3.05) is 18.6 Å². The Kier molecular flexibility index (Phi) is 8.51. The standard InChI is InChI=1S/C25H22N8O7S3/c1-40-31-15(13-10-43-25(26)27-13)19(34)28-16-21(36)33-17(24(38)39)12(9-42-23(16)33)7-14(41)18-29-30-20(35)22(37)32(18)8-11-5-3-2-4-6-11/h2-6,10,16,23H,7-9H2,1H3,(H2,26,27)(H,28,34)(H,30,35)(H,38,39). The maximum atomic E-state index is 13.2. The van der Waals surface area contributed by atoms with E-state index in [9.17, 15) is 29.1 Å². The van der Waals surface area contributed by atoms with E-state index >= 15 is 0 Å². The second-order valence-corrected chi connectivity index (χ2v) is 11.7. The zero-order valence-electron chi connectivity index (χ0n) is 22.2. The average molecular weight is 643 g/mol. The minimum Gasteiger partial charge on any atom is -0.477 e. The van der Waals surface area contributed by atoms with Crippen LogP contribution < -0.4 is 22.2 Å². The Morgan fingerprint density at radius 2 is 2.02 bits per heavy atom. The highest BCUT2D eigenvalue weighted by Crippen LogP contribution is 2.41. The monoisotopic (exact) mass is 642 g/mol. The summed E-state index contributed by atoms with van der Waals surface area (Å²) >= 11 is 7.88. The van der Waals surface area contributed by atoms with Gasteiger partial charge in [-0.15, -0.1) is 23.1 Å².